The largest absolute Gasteiger partial charge is 0.402 e. The Morgan fingerprint density at radius 3 is 2.78 bits per heavy atom. The molecule has 2 rings (SSSR count). The molecule has 0 fully saturated rings. The Balaban J connectivity index is 2.44. The van der Waals surface area contributed by atoms with Crippen LogP contribution in [0.5, 0.6) is 0 Å². The number of fused-ring (bicyclic) bond motifs is 1. The van der Waals surface area contributed by atoms with Gasteiger partial charge in [-0.1, -0.05) is 25.1 Å². The first-order chi connectivity index (χ1) is 15.0. The van der Waals surface area contributed by atoms with Crippen molar-refractivity contribution in [2.75, 3.05) is 18.0 Å². The predicted octanol–water partition coefficient (Wildman–Crippen LogP) is 2.77. The van der Waals surface area contributed by atoms with Crippen molar-refractivity contribution in [3.05, 3.63) is 54.4 Å². The zero-order chi connectivity index (χ0) is 23.9. The third kappa shape index (κ3) is 6.11. The number of rotatable bonds is 10. The number of alkyl halides is 1. The van der Waals surface area contributed by atoms with Crippen LogP contribution < -0.4 is 27.0 Å². The number of terminal acetylenes is 1. The third-order valence-electron chi connectivity index (χ3n) is 5.33. The van der Waals surface area contributed by atoms with E-state index in [9.17, 15) is 4.39 Å². The van der Waals surface area contributed by atoms with Gasteiger partial charge in [-0.25, -0.2) is 14.4 Å². The maximum absolute atomic E-state index is 13.9. The first kappa shape index (κ1) is 25.0. The van der Waals surface area contributed by atoms with Crippen molar-refractivity contribution in [2.45, 2.75) is 51.2 Å². The number of hydrogen-bond acceptors (Lipinski definition) is 7. The minimum absolute atomic E-state index is 0.130. The van der Waals surface area contributed by atoms with Crippen LogP contribution in [0.2, 0.25) is 0 Å². The first-order valence-electron chi connectivity index (χ1n) is 10.5. The Bertz CT molecular complexity index is 952. The molecule has 2 heterocycles. The second-order valence-electron chi connectivity index (χ2n) is 8.65. The minimum Gasteiger partial charge on any atom is -0.402 e. The van der Waals surface area contributed by atoms with E-state index in [2.05, 4.69) is 41.6 Å². The van der Waals surface area contributed by atoms with E-state index in [-0.39, 0.29) is 12.1 Å². The Labute approximate surface area is 190 Å². The van der Waals surface area contributed by atoms with Crippen LogP contribution in [0.25, 0.3) is 5.70 Å². The highest BCUT2D eigenvalue weighted by atomic mass is 19.1. The van der Waals surface area contributed by atoms with Crippen molar-refractivity contribution in [3.63, 3.8) is 0 Å². The summed E-state index contributed by atoms with van der Waals surface area (Å²) in [4.78, 5) is 11.0. The summed E-state index contributed by atoms with van der Waals surface area (Å²) in [6, 6.07) is 3.91. The van der Waals surface area contributed by atoms with Crippen LogP contribution in [0, 0.1) is 12.3 Å². The number of anilines is 1. The molecule has 0 spiro atoms. The number of halogens is 1. The van der Waals surface area contributed by atoms with E-state index in [4.69, 9.17) is 22.9 Å². The lowest BCUT2D eigenvalue weighted by Crippen LogP contribution is -2.53. The third-order valence-corrected chi connectivity index (χ3v) is 5.33. The van der Waals surface area contributed by atoms with Crippen LogP contribution in [0.1, 0.15) is 44.9 Å². The number of nitrogens with two attached hydrogens (primary N) is 2. The van der Waals surface area contributed by atoms with E-state index in [1.165, 1.54) is 26.3 Å². The highest BCUT2D eigenvalue weighted by molar-refractivity contribution is 5.78. The van der Waals surface area contributed by atoms with E-state index >= 15 is 0 Å². The predicted molar refractivity (Wildman–Crippen MR) is 131 cm³/mol. The van der Waals surface area contributed by atoms with Crippen LogP contribution in [0.3, 0.4) is 0 Å². The lowest BCUT2D eigenvalue weighted by molar-refractivity contribution is 0.219. The van der Waals surface area contributed by atoms with E-state index in [1.54, 1.807) is 0 Å². The SMILES string of the molecule is C#CC=N/C(=C\N)NC(=C)N1c2nc(C(=C)NCC(C)(C)F)ccc2CC[C@]1(C)CCN. The first-order valence-corrected chi connectivity index (χ1v) is 10.5. The van der Waals surface area contributed by atoms with Gasteiger partial charge in [0.05, 0.1) is 17.6 Å². The molecule has 0 unspecified atom stereocenters. The number of aliphatic imine (C=N–C) groups is 1. The topological polar surface area (TPSA) is 105 Å². The zero-order valence-corrected chi connectivity index (χ0v) is 19.2. The van der Waals surface area contributed by atoms with Crippen molar-refractivity contribution < 1.29 is 4.39 Å². The summed E-state index contributed by atoms with van der Waals surface area (Å²) >= 11 is 0. The lowest BCUT2D eigenvalue weighted by atomic mass is 9.84. The van der Waals surface area contributed by atoms with Gasteiger partial charge in [0.15, 0.2) is 0 Å². The fourth-order valence-corrected chi connectivity index (χ4v) is 3.64. The molecule has 1 aliphatic rings. The van der Waals surface area contributed by atoms with Gasteiger partial charge in [-0.15, -0.1) is 6.42 Å². The molecular weight excluding hydrogens is 405 g/mol. The Hall–Kier alpha value is -3.31. The second kappa shape index (κ2) is 10.3. The summed E-state index contributed by atoms with van der Waals surface area (Å²) in [6.45, 7) is 14.0. The minimum atomic E-state index is -1.37. The normalized spacial score (nSPS) is 18.8. The molecule has 1 aromatic heterocycles. The molecule has 0 aliphatic carbocycles. The van der Waals surface area contributed by atoms with Crippen molar-refractivity contribution in [1.29, 1.82) is 0 Å². The summed E-state index contributed by atoms with van der Waals surface area (Å²) in [5, 5.41) is 6.15. The number of hydrogen-bond donors (Lipinski definition) is 4. The quantitative estimate of drug-likeness (QED) is 0.330. The average molecular weight is 440 g/mol. The molecule has 0 saturated carbocycles. The molecule has 6 N–H and O–H groups in total. The number of aromatic nitrogens is 1. The summed E-state index contributed by atoms with van der Waals surface area (Å²) in [6.07, 6.45) is 10.3. The average Bonchev–Trinajstić information content (AvgIpc) is 2.73. The molecule has 8 heteroatoms. The van der Waals surface area contributed by atoms with Crippen molar-refractivity contribution in [3.8, 4) is 12.3 Å². The molecule has 1 aliphatic heterocycles. The highest BCUT2D eigenvalue weighted by Gasteiger charge is 2.39. The van der Waals surface area contributed by atoms with Gasteiger partial charge in [-0.2, -0.15) is 0 Å². The number of nitrogens with zero attached hydrogens (tertiary/aromatic N) is 3. The molecule has 0 saturated heterocycles. The summed E-state index contributed by atoms with van der Waals surface area (Å²) in [5.41, 5.74) is 12.2. The van der Waals surface area contributed by atoms with Crippen molar-refractivity contribution in [2.24, 2.45) is 16.5 Å². The van der Waals surface area contributed by atoms with E-state index in [1.807, 2.05) is 17.0 Å². The monoisotopic (exact) mass is 439 g/mol. The molecule has 0 radical (unpaired) electrons. The standard InChI is InChI=1S/C24H34FN7/c1-7-14-28-21(15-27)30-18(3)32-22-19(10-11-24(32,6)12-13-26)8-9-20(31-22)17(2)29-16-23(4,5)25/h1,8-9,14-15,29-30H,2-3,10-13,16,26-27H2,4-6H3/b21-15+,28-14?/t24-/m1/s1. The molecule has 1 aromatic rings. The molecule has 0 aromatic carbocycles. The maximum atomic E-state index is 13.9. The highest BCUT2D eigenvalue weighted by Crippen LogP contribution is 2.40. The van der Waals surface area contributed by atoms with Gasteiger partial charge >= 0.3 is 0 Å². The van der Waals surface area contributed by atoms with Gasteiger partial charge in [-0.05, 0) is 58.2 Å². The fourth-order valence-electron chi connectivity index (χ4n) is 3.64. The van der Waals surface area contributed by atoms with Gasteiger partial charge in [0.1, 0.15) is 23.1 Å². The van der Waals surface area contributed by atoms with Gasteiger partial charge in [-0.3, -0.25) is 0 Å². The molecule has 7 nitrogen and oxygen atoms in total. The fraction of sp³-hybridized carbons (Fsp3) is 0.417. The van der Waals surface area contributed by atoms with Gasteiger partial charge in [0, 0.05) is 18.3 Å². The molecule has 32 heavy (non-hydrogen) atoms. The van der Waals surface area contributed by atoms with Crippen LogP contribution in [-0.4, -0.2) is 35.5 Å². The molecule has 0 amide bonds. The molecule has 1 atom stereocenters. The van der Waals surface area contributed by atoms with Crippen LogP contribution in [0.4, 0.5) is 10.2 Å². The van der Waals surface area contributed by atoms with Gasteiger partial charge in [0.2, 0.25) is 0 Å². The number of aryl methyl sites for hydroxylation is 1. The van der Waals surface area contributed by atoms with Gasteiger partial charge < -0.3 is 27.0 Å². The maximum Gasteiger partial charge on any atom is 0.147 e. The summed E-state index contributed by atoms with van der Waals surface area (Å²) in [7, 11) is 0. The Kier molecular flexibility index (Phi) is 8.06. The van der Waals surface area contributed by atoms with Crippen LogP contribution in [0.15, 0.2) is 48.1 Å². The van der Waals surface area contributed by atoms with E-state index in [0.717, 1.165) is 30.6 Å². The molecule has 0 bridgehead atoms. The van der Waals surface area contributed by atoms with Crippen LogP contribution in [-0.2, 0) is 6.42 Å². The van der Waals surface area contributed by atoms with Crippen LogP contribution >= 0.6 is 0 Å². The summed E-state index contributed by atoms with van der Waals surface area (Å²) in [5.74, 6) is 3.98. The van der Waals surface area contributed by atoms with E-state index < -0.39 is 5.67 Å². The van der Waals surface area contributed by atoms with Gasteiger partial charge in [0.25, 0.3) is 0 Å². The smallest absolute Gasteiger partial charge is 0.147 e. The van der Waals surface area contributed by atoms with Crippen molar-refractivity contribution >= 4 is 17.7 Å². The number of pyridine rings is 1. The Morgan fingerprint density at radius 1 is 1.47 bits per heavy atom. The lowest BCUT2D eigenvalue weighted by Gasteiger charge is -2.47. The van der Waals surface area contributed by atoms with Crippen molar-refractivity contribution in [1.82, 2.24) is 15.6 Å². The van der Waals surface area contributed by atoms with E-state index in [0.29, 0.717) is 29.6 Å². The zero-order valence-electron chi connectivity index (χ0n) is 19.2. The molecular formula is C24H34FN7. The summed E-state index contributed by atoms with van der Waals surface area (Å²) < 4.78 is 13.9. The Morgan fingerprint density at radius 2 is 2.19 bits per heavy atom. The second-order valence-corrected chi connectivity index (χ2v) is 8.65. The number of nitrogens with one attached hydrogen (secondary N) is 2. The molecule has 172 valence electrons.